The molecule has 6 nitrogen and oxygen atoms in total. The molecule has 2 N–H and O–H groups in total. The van der Waals surface area contributed by atoms with Crippen molar-refractivity contribution in [2.75, 3.05) is 13.2 Å². The summed E-state index contributed by atoms with van der Waals surface area (Å²) in [6.07, 6.45) is 1.42. The third-order valence-corrected chi connectivity index (χ3v) is 2.48. The average molecular weight is 282 g/mol. The van der Waals surface area contributed by atoms with E-state index >= 15 is 0 Å². The molecule has 0 bridgehead atoms. The van der Waals surface area contributed by atoms with Crippen LogP contribution in [0.25, 0.3) is 0 Å². The summed E-state index contributed by atoms with van der Waals surface area (Å²) in [6.45, 7) is 4.46. The Hall–Kier alpha value is -2.24. The molecular weight excluding hydrogens is 264 g/mol. The molecule has 0 saturated heterocycles. The van der Waals surface area contributed by atoms with Gasteiger partial charge in [-0.1, -0.05) is 13.8 Å². The van der Waals surface area contributed by atoms with Crippen LogP contribution in [0, 0.1) is 0 Å². The minimum atomic E-state index is -1.35. The number of hydrogen-bond donors (Lipinski definition) is 2. The second kappa shape index (κ2) is 7.37. The molecule has 0 unspecified atom stereocenters. The molecule has 0 saturated carbocycles. The third-order valence-electron chi connectivity index (χ3n) is 2.48. The Morgan fingerprint density at radius 1 is 1.00 bits per heavy atom. The Morgan fingerprint density at radius 2 is 1.60 bits per heavy atom. The Balaban J connectivity index is 3.35. The van der Waals surface area contributed by atoms with Crippen LogP contribution in [-0.2, 0) is 0 Å². The SMILES string of the molecule is CCCOc1ccc(C(=O)O)c(C(=O)O)c1OCCC. The zero-order valence-corrected chi connectivity index (χ0v) is 11.5. The van der Waals surface area contributed by atoms with Crippen LogP contribution in [0.15, 0.2) is 12.1 Å². The highest BCUT2D eigenvalue weighted by Crippen LogP contribution is 2.34. The highest BCUT2D eigenvalue weighted by Gasteiger charge is 2.25. The lowest BCUT2D eigenvalue weighted by Crippen LogP contribution is -2.13. The van der Waals surface area contributed by atoms with Gasteiger partial charge in [0.15, 0.2) is 11.5 Å². The second-order valence-corrected chi connectivity index (χ2v) is 4.12. The van der Waals surface area contributed by atoms with Gasteiger partial charge in [-0.15, -0.1) is 0 Å². The molecule has 0 atom stereocenters. The van der Waals surface area contributed by atoms with Gasteiger partial charge < -0.3 is 19.7 Å². The van der Waals surface area contributed by atoms with Crippen molar-refractivity contribution < 1.29 is 29.3 Å². The maximum Gasteiger partial charge on any atom is 0.340 e. The van der Waals surface area contributed by atoms with Crippen molar-refractivity contribution in [3.63, 3.8) is 0 Å². The van der Waals surface area contributed by atoms with E-state index in [0.717, 1.165) is 6.42 Å². The second-order valence-electron chi connectivity index (χ2n) is 4.12. The van der Waals surface area contributed by atoms with Crippen LogP contribution in [0.3, 0.4) is 0 Å². The van der Waals surface area contributed by atoms with Crippen LogP contribution in [0.4, 0.5) is 0 Å². The van der Waals surface area contributed by atoms with Crippen LogP contribution in [0.2, 0.25) is 0 Å². The van der Waals surface area contributed by atoms with Gasteiger partial charge in [0, 0.05) is 0 Å². The topological polar surface area (TPSA) is 93.1 Å². The maximum absolute atomic E-state index is 11.3. The van der Waals surface area contributed by atoms with Gasteiger partial charge in [-0.05, 0) is 25.0 Å². The summed E-state index contributed by atoms with van der Waals surface area (Å²) < 4.78 is 10.8. The van der Waals surface area contributed by atoms with Crippen molar-refractivity contribution in [1.29, 1.82) is 0 Å². The van der Waals surface area contributed by atoms with E-state index in [1.165, 1.54) is 12.1 Å². The van der Waals surface area contributed by atoms with Gasteiger partial charge in [0.2, 0.25) is 0 Å². The van der Waals surface area contributed by atoms with Crippen molar-refractivity contribution in [1.82, 2.24) is 0 Å². The molecule has 0 aromatic heterocycles. The zero-order valence-electron chi connectivity index (χ0n) is 11.5. The first-order valence-corrected chi connectivity index (χ1v) is 6.42. The van der Waals surface area contributed by atoms with Gasteiger partial charge in [0.1, 0.15) is 5.56 Å². The summed E-state index contributed by atoms with van der Waals surface area (Å²) in [5.74, 6) is -2.43. The van der Waals surface area contributed by atoms with Crippen LogP contribution < -0.4 is 9.47 Å². The molecule has 20 heavy (non-hydrogen) atoms. The van der Waals surface area contributed by atoms with Crippen molar-refractivity contribution in [2.24, 2.45) is 0 Å². The minimum absolute atomic E-state index is 0.0206. The standard InChI is InChI=1S/C14H18O6/c1-3-7-19-10-6-5-9(13(15)16)11(14(17)18)12(10)20-8-4-2/h5-6H,3-4,7-8H2,1-2H3,(H,15,16)(H,17,18). The summed E-state index contributed by atoms with van der Waals surface area (Å²) in [7, 11) is 0. The van der Waals surface area contributed by atoms with Crippen LogP contribution in [0.1, 0.15) is 47.4 Å². The molecular formula is C14H18O6. The highest BCUT2D eigenvalue weighted by molar-refractivity contribution is 6.04. The monoisotopic (exact) mass is 282 g/mol. The van der Waals surface area contributed by atoms with E-state index < -0.39 is 11.9 Å². The molecule has 0 spiro atoms. The molecule has 110 valence electrons. The Bertz CT molecular complexity index is 495. The van der Waals surface area contributed by atoms with Crippen molar-refractivity contribution in [2.45, 2.75) is 26.7 Å². The van der Waals surface area contributed by atoms with Gasteiger partial charge in [0.25, 0.3) is 0 Å². The molecule has 0 radical (unpaired) electrons. The molecule has 1 aromatic carbocycles. The summed E-state index contributed by atoms with van der Waals surface area (Å²) in [6, 6.07) is 2.64. The fourth-order valence-corrected chi connectivity index (χ4v) is 1.63. The summed E-state index contributed by atoms with van der Waals surface area (Å²) in [5, 5.41) is 18.3. The van der Waals surface area contributed by atoms with Gasteiger partial charge in [0.05, 0.1) is 18.8 Å². The molecule has 0 fully saturated rings. The lowest BCUT2D eigenvalue weighted by atomic mass is 10.1. The Labute approximate surface area is 116 Å². The first-order valence-electron chi connectivity index (χ1n) is 6.42. The van der Waals surface area contributed by atoms with E-state index in [0.29, 0.717) is 13.0 Å². The number of aromatic carboxylic acids is 2. The third kappa shape index (κ3) is 3.63. The Kier molecular flexibility index (Phi) is 5.83. The van der Waals surface area contributed by atoms with E-state index in [2.05, 4.69) is 0 Å². The maximum atomic E-state index is 11.3. The van der Waals surface area contributed by atoms with Crippen LogP contribution in [-0.4, -0.2) is 35.4 Å². The number of carboxylic acids is 2. The lowest BCUT2D eigenvalue weighted by molar-refractivity contribution is 0.0646. The zero-order chi connectivity index (χ0) is 15.1. The Morgan fingerprint density at radius 3 is 2.10 bits per heavy atom. The van der Waals surface area contributed by atoms with E-state index in [4.69, 9.17) is 14.6 Å². The molecule has 6 heteroatoms. The van der Waals surface area contributed by atoms with Crippen molar-refractivity contribution in [3.05, 3.63) is 23.3 Å². The predicted molar refractivity (Wildman–Crippen MR) is 71.9 cm³/mol. The number of benzene rings is 1. The lowest BCUT2D eigenvalue weighted by Gasteiger charge is -2.15. The molecule has 0 aliphatic rings. The van der Waals surface area contributed by atoms with Crippen LogP contribution in [0.5, 0.6) is 11.5 Å². The number of rotatable bonds is 8. The quantitative estimate of drug-likeness (QED) is 0.761. The molecule has 0 amide bonds. The number of carbonyl (C=O) groups is 2. The largest absolute Gasteiger partial charge is 0.490 e. The van der Waals surface area contributed by atoms with E-state index in [1.807, 2.05) is 13.8 Å². The van der Waals surface area contributed by atoms with Gasteiger partial charge in [-0.3, -0.25) is 0 Å². The normalized spacial score (nSPS) is 10.1. The summed E-state index contributed by atoms with van der Waals surface area (Å²) in [5.41, 5.74) is -0.688. The molecule has 1 rings (SSSR count). The number of carboxylic acid groups (broad SMARTS) is 2. The van der Waals surface area contributed by atoms with Crippen molar-refractivity contribution >= 4 is 11.9 Å². The fraction of sp³-hybridized carbons (Fsp3) is 0.429. The van der Waals surface area contributed by atoms with Crippen molar-refractivity contribution in [3.8, 4) is 11.5 Å². The van der Waals surface area contributed by atoms with E-state index in [-0.39, 0.29) is 29.2 Å². The summed E-state index contributed by atoms with van der Waals surface area (Å²) in [4.78, 5) is 22.5. The molecule has 1 aromatic rings. The number of hydrogen-bond acceptors (Lipinski definition) is 4. The number of ether oxygens (including phenoxy) is 2. The van der Waals surface area contributed by atoms with E-state index in [1.54, 1.807) is 0 Å². The average Bonchev–Trinajstić information content (AvgIpc) is 2.41. The van der Waals surface area contributed by atoms with Gasteiger partial charge >= 0.3 is 11.9 Å². The van der Waals surface area contributed by atoms with Gasteiger partial charge in [-0.2, -0.15) is 0 Å². The van der Waals surface area contributed by atoms with Gasteiger partial charge in [-0.25, -0.2) is 9.59 Å². The van der Waals surface area contributed by atoms with Crippen LogP contribution >= 0.6 is 0 Å². The smallest absolute Gasteiger partial charge is 0.340 e. The van der Waals surface area contributed by atoms with E-state index in [9.17, 15) is 14.7 Å². The highest BCUT2D eigenvalue weighted by atomic mass is 16.5. The first-order chi connectivity index (χ1) is 9.52. The fourth-order valence-electron chi connectivity index (χ4n) is 1.63. The predicted octanol–water partition coefficient (Wildman–Crippen LogP) is 2.66. The molecule has 0 aliphatic carbocycles. The molecule has 0 heterocycles. The minimum Gasteiger partial charge on any atom is -0.490 e. The summed E-state index contributed by atoms with van der Waals surface area (Å²) >= 11 is 0. The first kappa shape index (κ1) is 15.8. The molecule has 0 aliphatic heterocycles.